The van der Waals surface area contributed by atoms with Gasteiger partial charge in [-0.25, -0.2) is 0 Å². The number of rotatable bonds is 1. The zero-order chi connectivity index (χ0) is 8.55. The lowest BCUT2D eigenvalue weighted by molar-refractivity contribution is -0.911. The van der Waals surface area contributed by atoms with Crippen LogP contribution in [0.4, 0.5) is 0 Å². The van der Waals surface area contributed by atoms with Crippen LogP contribution < -0.4 is 14.4 Å². The standard InChI is InChI=1S/C6H6N4O2/c1-12-10-6-2-3-9(11)4-5(6)7-8-10/h2-4H,1H3/p+1. The van der Waals surface area contributed by atoms with Crippen LogP contribution in [0.15, 0.2) is 18.5 Å². The van der Waals surface area contributed by atoms with E-state index in [0.717, 1.165) is 5.52 Å². The predicted molar refractivity (Wildman–Crippen MR) is 37.8 cm³/mol. The highest BCUT2D eigenvalue weighted by Gasteiger charge is 2.15. The molecule has 1 N–H and O–H groups in total. The summed E-state index contributed by atoms with van der Waals surface area (Å²) in [6.45, 7) is 0. The van der Waals surface area contributed by atoms with Crippen molar-refractivity contribution in [3.63, 3.8) is 0 Å². The van der Waals surface area contributed by atoms with Crippen molar-refractivity contribution < 1.29 is 14.4 Å². The van der Waals surface area contributed by atoms with Gasteiger partial charge in [-0.05, 0) is 5.21 Å². The minimum Gasteiger partial charge on any atom is -0.619 e. The SMILES string of the molecule is CO[n+]1[nH]nc2c[n+]([O-])ccc21. The van der Waals surface area contributed by atoms with Gasteiger partial charge in [0.1, 0.15) is 7.11 Å². The fourth-order valence-corrected chi connectivity index (χ4v) is 1.01. The second-order valence-corrected chi connectivity index (χ2v) is 2.26. The van der Waals surface area contributed by atoms with E-state index in [1.165, 1.54) is 24.3 Å². The average Bonchev–Trinajstić information content (AvgIpc) is 2.46. The summed E-state index contributed by atoms with van der Waals surface area (Å²) in [6, 6.07) is 1.62. The molecule has 2 heterocycles. The highest BCUT2D eigenvalue weighted by molar-refractivity contribution is 5.67. The number of aromatic nitrogens is 4. The van der Waals surface area contributed by atoms with Crippen molar-refractivity contribution in [3.05, 3.63) is 23.7 Å². The van der Waals surface area contributed by atoms with Gasteiger partial charge in [-0.1, -0.05) is 0 Å². The van der Waals surface area contributed by atoms with Gasteiger partial charge >= 0.3 is 5.52 Å². The molecular formula is C6H7N4O2+. The van der Waals surface area contributed by atoms with Crippen LogP contribution in [0.3, 0.4) is 0 Å². The minimum atomic E-state index is 0.564. The first-order chi connectivity index (χ1) is 5.81. The topological polar surface area (TPSA) is 68.7 Å². The third-order valence-corrected chi connectivity index (χ3v) is 1.55. The molecule has 0 aliphatic heterocycles. The molecule has 0 bridgehead atoms. The molecule has 0 fully saturated rings. The molecule has 6 nitrogen and oxygen atoms in total. The Morgan fingerprint density at radius 3 is 3.25 bits per heavy atom. The smallest absolute Gasteiger partial charge is 0.317 e. The third-order valence-electron chi connectivity index (χ3n) is 1.55. The number of fused-ring (bicyclic) bond motifs is 1. The number of pyridine rings is 1. The number of hydrogen-bond acceptors (Lipinski definition) is 3. The Hall–Kier alpha value is -1.85. The van der Waals surface area contributed by atoms with Crippen LogP contribution in [0.1, 0.15) is 0 Å². The molecule has 0 unspecified atom stereocenters. The van der Waals surface area contributed by atoms with Crippen molar-refractivity contribution in [3.8, 4) is 0 Å². The van der Waals surface area contributed by atoms with Gasteiger partial charge in [-0.2, -0.15) is 4.73 Å². The van der Waals surface area contributed by atoms with Crippen LogP contribution in [-0.4, -0.2) is 17.4 Å². The second-order valence-electron chi connectivity index (χ2n) is 2.26. The largest absolute Gasteiger partial charge is 0.619 e. The van der Waals surface area contributed by atoms with Crippen molar-refractivity contribution in [2.75, 3.05) is 7.11 Å². The van der Waals surface area contributed by atoms with E-state index in [9.17, 15) is 5.21 Å². The number of nitrogens with zero attached hydrogens (tertiary/aromatic N) is 3. The Bertz CT molecular complexity index is 411. The molecule has 0 saturated heterocycles. The minimum absolute atomic E-state index is 0.564. The quantitative estimate of drug-likeness (QED) is 0.417. The Balaban J connectivity index is 2.73. The zero-order valence-electron chi connectivity index (χ0n) is 6.39. The first kappa shape index (κ1) is 6.84. The van der Waals surface area contributed by atoms with Gasteiger partial charge < -0.3 is 10.0 Å². The number of nitrogens with one attached hydrogen (secondary N) is 1. The number of H-pyrrole nitrogens is 1. The summed E-state index contributed by atoms with van der Waals surface area (Å²) >= 11 is 0. The van der Waals surface area contributed by atoms with E-state index in [1.807, 2.05) is 0 Å². The summed E-state index contributed by atoms with van der Waals surface area (Å²) < 4.78 is 0.684. The van der Waals surface area contributed by atoms with Gasteiger partial charge in [-0.15, -0.1) is 0 Å². The first-order valence-corrected chi connectivity index (χ1v) is 3.34. The van der Waals surface area contributed by atoms with Crippen LogP contribution in [0.2, 0.25) is 0 Å². The van der Waals surface area contributed by atoms with E-state index in [2.05, 4.69) is 10.3 Å². The first-order valence-electron chi connectivity index (χ1n) is 3.34. The lowest BCUT2D eigenvalue weighted by atomic mass is 10.4. The van der Waals surface area contributed by atoms with E-state index < -0.39 is 0 Å². The van der Waals surface area contributed by atoms with E-state index in [0.29, 0.717) is 10.2 Å². The van der Waals surface area contributed by atoms with Crippen LogP contribution in [0.5, 0.6) is 0 Å². The van der Waals surface area contributed by atoms with E-state index in [4.69, 9.17) is 4.84 Å². The lowest BCUT2D eigenvalue weighted by Crippen LogP contribution is -2.43. The van der Waals surface area contributed by atoms with E-state index >= 15 is 0 Å². The molecule has 12 heavy (non-hydrogen) atoms. The Labute approximate surface area is 67.5 Å². The molecule has 0 radical (unpaired) electrons. The average molecular weight is 167 g/mol. The van der Waals surface area contributed by atoms with Crippen molar-refractivity contribution in [2.24, 2.45) is 0 Å². The summed E-state index contributed by atoms with van der Waals surface area (Å²) in [7, 11) is 1.51. The van der Waals surface area contributed by atoms with Gasteiger partial charge in [-0.3, -0.25) is 0 Å². The summed E-state index contributed by atoms with van der Waals surface area (Å²) in [5, 5.41) is 17.2. The maximum absolute atomic E-state index is 10.8. The van der Waals surface area contributed by atoms with Gasteiger partial charge in [0.15, 0.2) is 6.20 Å². The molecule has 0 aliphatic rings. The molecule has 2 aromatic heterocycles. The molecule has 0 saturated carbocycles. The van der Waals surface area contributed by atoms with Gasteiger partial charge in [0.25, 0.3) is 5.52 Å². The molecule has 0 amide bonds. The number of hydrogen-bond donors (Lipinski definition) is 1. The van der Waals surface area contributed by atoms with Crippen molar-refractivity contribution in [1.29, 1.82) is 0 Å². The second kappa shape index (κ2) is 2.33. The fourth-order valence-electron chi connectivity index (χ4n) is 1.01. The Kier molecular flexibility index (Phi) is 1.33. The fraction of sp³-hybridized carbons (Fsp3) is 0.167. The maximum Gasteiger partial charge on any atom is 0.317 e. The summed E-state index contributed by atoms with van der Waals surface area (Å²) in [5.74, 6) is 0. The molecule has 2 aromatic rings. The van der Waals surface area contributed by atoms with Crippen molar-refractivity contribution >= 4 is 11.0 Å². The highest BCUT2D eigenvalue weighted by Crippen LogP contribution is 1.98. The predicted octanol–water partition coefficient (Wildman–Crippen LogP) is -1.46. The zero-order valence-corrected chi connectivity index (χ0v) is 6.39. The number of aromatic amines is 1. The summed E-state index contributed by atoms with van der Waals surface area (Å²) in [4.78, 5) is 6.27. The van der Waals surface area contributed by atoms with E-state index in [1.54, 1.807) is 6.07 Å². The van der Waals surface area contributed by atoms with Crippen LogP contribution in [0, 0.1) is 5.21 Å². The Morgan fingerprint density at radius 2 is 2.50 bits per heavy atom. The van der Waals surface area contributed by atoms with Gasteiger partial charge in [0.2, 0.25) is 6.20 Å². The van der Waals surface area contributed by atoms with Gasteiger partial charge in [0, 0.05) is 4.85 Å². The molecular weight excluding hydrogens is 160 g/mol. The van der Waals surface area contributed by atoms with Crippen molar-refractivity contribution in [2.45, 2.75) is 0 Å². The van der Waals surface area contributed by atoms with Crippen LogP contribution in [0.25, 0.3) is 11.0 Å². The molecule has 62 valence electrons. The molecule has 0 atom stereocenters. The summed E-state index contributed by atoms with van der Waals surface area (Å²) in [6.07, 6.45) is 2.74. The van der Waals surface area contributed by atoms with Crippen molar-refractivity contribution in [1.82, 2.24) is 10.3 Å². The molecule has 0 aliphatic carbocycles. The molecule has 0 spiro atoms. The molecule has 2 rings (SSSR count). The molecule has 0 aromatic carbocycles. The van der Waals surface area contributed by atoms with Crippen LogP contribution in [-0.2, 0) is 0 Å². The maximum atomic E-state index is 10.8. The van der Waals surface area contributed by atoms with Gasteiger partial charge in [0.05, 0.1) is 11.2 Å². The lowest BCUT2D eigenvalue weighted by Gasteiger charge is -1.90. The highest BCUT2D eigenvalue weighted by atomic mass is 16.7. The third kappa shape index (κ3) is 0.849. The normalized spacial score (nSPS) is 10.4. The van der Waals surface area contributed by atoms with Crippen LogP contribution >= 0.6 is 0 Å². The van der Waals surface area contributed by atoms with E-state index in [-0.39, 0.29) is 0 Å². The Morgan fingerprint density at radius 1 is 1.67 bits per heavy atom. The monoisotopic (exact) mass is 167 g/mol. The summed E-state index contributed by atoms with van der Waals surface area (Å²) in [5.41, 5.74) is 1.29. The molecule has 6 heteroatoms.